The van der Waals surface area contributed by atoms with Gasteiger partial charge in [-0.25, -0.2) is 0 Å². The van der Waals surface area contributed by atoms with E-state index >= 15 is 0 Å². The van der Waals surface area contributed by atoms with Crippen LogP contribution in [0.5, 0.6) is 0 Å². The van der Waals surface area contributed by atoms with E-state index in [9.17, 15) is 0 Å². The molecule has 1 aliphatic rings. The van der Waals surface area contributed by atoms with Gasteiger partial charge in [0.15, 0.2) is 0 Å². The third kappa shape index (κ3) is 1.95. The van der Waals surface area contributed by atoms with Crippen LogP contribution < -0.4 is 0 Å². The molecule has 0 aromatic heterocycles. The van der Waals surface area contributed by atoms with Crippen molar-refractivity contribution in [3.05, 3.63) is 6.61 Å². The molecule has 1 fully saturated rings. The molecular weight excluding hydrogens is 114 g/mol. The van der Waals surface area contributed by atoms with Gasteiger partial charge < -0.3 is 10.0 Å². The minimum Gasteiger partial charge on any atom is -0.390 e. The number of hydrogen-bond acceptors (Lipinski definition) is 2. The van der Waals surface area contributed by atoms with Crippen LogP contribution in [0.15, 0.2) is 0 Å². The minimum atomic E-state index is 0.459. The van der Waals surface area contributed by atoms with Crippen LogP contribution in [0.3, 0.4) is 0 Å². The van der Waals surface area contributed by atoms with Crippen molar-refractivity contribution in [3.8, 4) is 0 Å². The lowest BCUT2D eigenvalue weighted by Gasteiger charge is -2.26. The Morgan fingerprint density at radius 3 is 2.44 bits per heavy atom. The molecule has 0 amide bonds. The molecule has 0 unspecified atom stereocenters. The standard InChI is InChI=1S/C7H14NO/c1-8-4-2-7(6-9)3-5-8/h6-7,9H,2-5H2,1H3. The molecule has 1 aliphatic heterocycles. The number of nitrogens with zero attached hydrogens (tertiary/aromatic N) is 1. The maximum atomic E-state index is 8.63. The van der Waals surface area contributed by atoms with E-state index in [0.29, 0.717) is 5.92 Å². The van der Waals surface area contributed by atoms with Gasteiger partial charge in [-0.3, -0.25) is 0 Å². The van der Waals surface area contributed by atoms with Crippen molar-refractivity contribution in [3.63, 3.8) is 0 Å². The number of hydrogen-bond donors (Lipinski definition) is 1. The Kier molecular flexibility index (Phi) is 2.49. The summed E-state index contributed by atoms with van der Waals surface area (Å²) in [4.78, 5) is 2.29. The molecule has 2 nitrogen and oxygen atoms in total. The van der Waals surface area contributed by atoms with Gasteiger partial charge in [0.2, 0.25) is 0 Å². The molecule has 0 aromatic carbocycles. The highest BCUT2D eigenvalue weighted by Crippen LogP contribution is 2.16. The van der Waals surface area contributed by atoms with Gasteiger partial charge in [0.1, 0.15) is 0 Å². The first kappa shape index (κ1) is 7.03. The smallest absolute Gasteiger partial charge is 0.0830 e. The van der Waals surface area contributed by atoms with Gasteiger partial charge in [0, 0.05) is 0 Å². The van der Waals surface area contributed by atoms with Crippen molar-refractivity contribution >= 4 is 0 Å². The van der Waals surface area contributed by atoms with Crippen molar-refractivity contribution in [2.75, 3.05) is 20.1 Å². The molecule has 1 N–H and O–H groups in total. The average Bonchev–Trinajstić information content (AvgIpc) is 1.90. The van der Waals surface area contributed by atoms with Crippen LogP contribution in [0.25, 0.3) is 0 Å². The van der Waals surface area contributed by atoms with Crippen LogP contribution in [-0.2, 0) is 0 Å². The molecule has 1 saturated heterocycles. The van der Waals surface area contributed by atoms with Crippen molar-refractivity contribution in [1.29, 1.82) is 0 Å². The Balaban J connectivity index is 2.18. The second kappa shape index (κ2) is 3.18. The lowest BCUT2D eigenvalue weighted by Crippen LogP contribution is -2.30. The molecule has 0 aromatic rings. The van der Waals surface area contributed by atoms with Gasteiger partial charge >= 0.3 is 0 Å². The number of aliphatic hydroxyl groups is 1. The van der Waals surface area contributed by atoms with Crippen LogP contribution >= 0.6 is 0 Å². The summed E-state index contributed by atoms with van der Waals surface area (Å²) in [7, 11) is 2.12. The second-order valence-corrected chi connectivity index (χ2v) is 2.79. The third-order valence-corrected chi connectivity index (χ3v) is 1.97. The summed E-state index contributed by atoms with van der Waals surface area (Å²) >= 11 is 0. The van der Waals surface area contributed by atoms with Gasteiger partial charge in [-0.1, -0.05) is 0 Å². The average molecular weight is 128 g/mol. The van der Waals surface area contributed by atoms with Gasteiger partial charge in [0.25, 0.3) is 0 Å². The number of aliphatic hydroxyl groups excluding tert-OH is 1. The summed E-state index contributed by atoms with van der Waals surface area (Å²) in [5.74, 6) is 0.459. The number of piperidine rings is 1. The van der Waals surface area contributed by atoms with Crippen LogP contribution in [0.1, 0.15) is 12.8 Å². The molecule has 1 rings (SSSR count). The molecular formula is C7H14NO. The highest BCUT2D eigenvalue weighted by molar-refractivity contribution is 4.73. The van der Waals surface area contributed by atoms with Gasteiger partial charge in [0.05, 0.1) is 6.61 Å². The Morgan fingerprint density at radius 1 is 1.44 bits per heavy atom. The quantitative estimate of drug-likeness (QED) is 0.566. The Labute approximate surface area is 56.5 Å². The van der Waals surface area contributed by atoms with Crippen LogP contribution in [-0.4, -0.2) is 30.1 Å². The summed E-state index contributed by atoms with van der Waals surface area (Å²) in [6.45, 7) is 3.59. The Hall–Kier alpha value is -0.0800. The predicted molar refractivity (Wildman–Crippen MR) is 36.5 cm³/mol. The molecule has 0 saturated carbocycles. The summed E-state index contributed by atoms with van der Waals surface area (Å²) in [5, 5.41) is 8.63. The molecule has 0 spiro atoms. The zero-order valence-electron chi connectivity index (χ0n) is 5.88. The molecule has 9 heavy (non-hydrogen) atoms. The van der Waals surface area contributed by atoms with Gasteiger partial charge in [-0.05, 0) is 38.9 Å². The summed E-state index contributed by atoms with van der Waals surface area (Å²) in [6.07, 6.45) is 2.24. The van der Waals surface area contributed by atoms with Crippen molar-refractivity contribution in [2.24, 2.45) is 5.92 Å². The monoisotopic (exact) mass is 128 g/mol. The zero-order valence-corrected chi connectivity index (χ0v) is 5.88. The minimum absolute atomic E-state index is 0.459. The van der Waals surface area contributed by atoms with Crippen molar-refractivity contribution in [2.45, 2.75) is 12.8 Å². The first-order valence-electron chi connectivity index (χ1n) is 3.49. The Morgan fingerprint density at radius 2 is 2.00 bits per heavy atom. The first-order chi connectivity index (χ1) is 4.33. The largest absolute Gasteiger partial charge is 0.390 e. The van der Waals surface area contributed by atoms with E-state index in [1.807, 2.05) is 0 Å². The third-order valence-electron chi connectivity index (χ3n) is 1.97. The maximum absolute atomic E-state index is 8.63. The molecule has 0 atom stereocenters. The summed E-state index contributed by atoms with van der Waals surface area (Å²) < 4.78 is 0. The molecule has 1 radical (unpaired) electrons. The molecule has 53 valence electrons. The maximum Gasteiger partial charge on any atom is 0.0830 e. The lowest BCUT2D eigenvalue weighted by atomic mass is 9.98. The van der Waals surface area contributed by atoms with Crippen LogP contribution in [0.2, 0.25) is 0 Å². The fraction of sp³-hybridized carbons (Fsp3) is 0.857. The van der Waals surface area contributed by atoms with E-state index in [2.05, 4.69) is 11.9 Å². The van der Waals surface area contributed by atoms with Crippen molar-refractivity contribution < 1.29 is 5.11 Å². The SMILES string of the molecule is CN1CCC([CH]O)CC1. The normalized spacial score (nSPS) is 24.7. The highest BCUT2D eigenvalue weighted by atomic mass is 16.3. The summed E-state index contributed by atoms with van der Waals surface area (Å²) in [5.41, 5.74) is 0. The van der Waals surface area contributed by atoms with Crippen molar-refractivity contribution in [1.82, 2.24) is 4.90 Å². The molecule has 2 heteroatoms. The molecule has 1 heterocycles. The number of likely N-dealkylation sites (tertiary alicyclic amines) is 1. The van der Waals surface area contributed by atoms with Gasteiger partial charge in [-0.15, -0.1) is 0 Å². The predicted octanol–water partition coefficient (Wildman–Crippen LogP) is 0.862. The first-order valence-corrected chi connectivity index (χ1v) is 3.49. The lowest BCUT2D eigenvalue weighted by molar-refractivity contribution is 0.193. The topological polar surface area (TPSA) is 23.5 Å². The Bertz CT molecular complexity index is 77.0. The van der Waals surface area contributed by atoms with E-state index in [0.717, 1.165) is 25.9 Å². The van der Waals surface area contributed by atoms with Gasteiger partial charge in [-0.2, -0.15) is 0 Å². The van der Waals surface area contributed by atoms with E-state index in [1.54, 1.807) is 0 Å². The van der Waals surface area contributed by atoms with E-state index in [4.69, 9.17) is 5.11 Å². The zero-order chi connectivity index (χ0) is 6.69. The highest BCUT2D eigenvalue weighted by Gasteiger charge is 2.14. The van der Waals surface area contributed by atoms with E-state index in [1.165, 1.54) is 6.61 Å². The van der Waals surface area contributed by atoms with Crippen LogP contribution in [0.4, 0.5) is 0 Å². The fourth-order valence-electron chi connectivity index (χ4n) is 1.18. The van der Waals surface area contributed by atoms with E-state index in [-0.39, 0.29) is 0 Å². The summed E-state index contributed by atoms with van der Waals surface area (Å²) in [6, 6.07) is 0. The fourth-order valence-corrected chi connectivity index (χ4v) is 1.18. The van der Waals surface area contributed by atoms with Crippen LogP contribution in [0, 0.1) is 12.5 Å². The second-order valence-electron chi connectivity index (χ2n) is 2.79. The van der Waals surface area contributed by atoms with E-state index < -0.39 is 0 Å². The number of rotatable bonds is 1. The molecule has 0 aliphatic carbocycles. The molecule has 0 bridgehead atoms.